The minimum Gasteiger partial charge on any atom is -0.220 e. The van der Waals surface area contributed by atoms with Gasteiger partial charge in [0.25, 0.3) is 0 Å². The molecule has 0 bridgehead atoms. The lowest BCUT2D eigenvalue weighted by atomic mass is 10.1. The van der Waals surface area contributed by atoms with E-state index in [4.69, 9.17) is 0 Å². The fourth-order valence-corrected chi connectivity index (χ4v) is 2.57. The molecule has 3 heteroatoms. The molecule has 110 valence electrons. The van der Waals surface area contributed by atoms with Crippen LogP contribution in [0, 0.1) is 0 Å². The van der Waals surface area contributed by atoms with E-state index in [1.165, 1.54) is 11.1 Å². The molecular weight excluding hydrogens is 282 g/mol. The summed E-state index contributed by atoms with van der Waals surface area (Å²) in [6.07, 6.45) is 1.95. The van der Waals surface area contributed by atoms with Crippen LogP contribution in [0.3, 0.4) is 0 Å². The lowest BCUT2D eigenvalue weighted by Gasteiger charge is -2.04. The van der Waals surface area contributed by atoms with E-state index in [1.807, 2.05) is 54.7 Å². The summed E-state index contributed by atoms with van der Waals surface area (Å²) < 4.78 is 1.80. The van der Waals surface area contributed by atoms with Gasteiger partial charge in [-0.1, -0.05) is 78.0 Å². The molecule has 0 aliphatic heterocycles. The third kappa shape index (κ3) is 2.77. The zero-order chi connectivity index (χ0) is 15.5. The zero-order valence-electron chi connectivity index (χ0n) is 12.5. The Balaban J connectivity index is 1.63. The zero-order valence-corrected chi connectivity index (χ0v) is 12.5. The van der Waals surface area contributed by atoms with Crippen molar-refractivity contribution in [2.24, 2.45) is 0 Å². The van der Waals surface area contributed by atoms with E-state index in [-0.39, 0.29) is 0 Å². The first kappa shape index (κ1) is 13.5. The fourth-order valence-electron chi connectivity index (χ4n) is 2.57. The van der Waals surface area contributed by atoms with Crippen LogP contribution in [0.2, 0.25) is 0 Å². The summed E-state index contributed by atoms with van der Waals surface area (Å²) in [5, 5.41) is 8.49. The Kier molecular flexibility index (Phi) is 3.45. The Bertz CT molecular complexity index is 895. The fraction of sp³-hybridized carbons (Fsp3) is 0. The van der Waals surface area contributed by atoms with E-state index in [1.54, 1.807) is 4.68 Å². The SMILES string of the molecule is c1ccc(-c2ccc(-n3cc(-c4ccccc4)nn3)cc2)cc1. The third-order valence-corrected chi connectivity index (χ3v) is 3.80. The molecule has 1 heterocycles. The second-order valence-electron chi connectivity index (χ2n) is 5.33. The van der Waals surface area contributed by atoms with Gasteiger partial charge in [-0.3, -0.25) is 0 Å². The maximum absolute atomic E-state index is 4.26. The van der Waals surface area contributed by atoms with Gasteiger partial charge in [0.15, 0.2) is 0 Å². The van der Waals surface area contributed by atoms with E-state index in [9.17, 15) is 0 Å². The van der Waals surface area contributed by atoms with Crippen molar-refractivity contribution < 1.29 is 0 Å². The summed E-state index contributed by atoms with van der Waals surface area (Å²) in [5.74, 6) is 0. The number of benzene rings is 3. The Morgan fingerprint density at radius 2 is 1.13 bits per heavy atom. The first-order chi connectivity index (χ1) is 11.4. The Morgan fingerprint density at radius 1 is 0.565 bits per heavy atom. The highest BCUT2D eigenvalue weighted by molar-refractivity contribution is 5.64. The monoisotopic (exact) mass is 297 g/mol. The molecule has 0 fully saturated rings. The molecule has 4 aromatic rings. The van der Waals surface area contributed by atoms with E-state index in [0.29, 0.717) is 0 Å². The van der Waals surface area contributed by atoms with E-state index in [0.717, 1.165) is 16.9 Å². The Hall–Kier alpha value is -3.20. The van der Waals surface area contributed by atoms with Crippen molar-refractivity contribution >= 4 is 0 Å². The molecule has 3 nitrogen and oxygen atoms in total. The molecule has 0 atom stereocenters. The van der Waals surface area contributed by atoms with Gasteiger partial charge in [-0.2, -0.15) is 0 Å². The average molecular weight is 297 g/mol. The molecule has 0 aliphatic carbocycles. The van der Waals surface area contributed by atoms with Crippen LogP contribution in [0.15, 0.2) is 91.1 Å². The molecule has 0 radical (unpaired) electrons. The second-order valence-corrected chi connectivity index (χ2v) is 5.33. The van der Waals surface area contributed by atoms with Crippen LogP contribution in [0.4, 0.5) is 0 Å². The van der Waals surface area contributed by atoms with Crippen LogP contribution in [0.1, 0.15) is 0 Å². The predicted molar refractivity (Wildman–Crippen MR) is 92.2 cm³/mol. The van der Waals surface area contributed by atoms with E-state index >= 15 is 0 Å². The van der Waals surface area contributed by atoms with Crippen molar-refractivity contribution in [3.05, 3.63) is 91.1 Å². The molecule has 23 heavy (non-hydrogen) atoms. The first-order valence-corrected chi connectivity index (χ1v) is 7.54. The van der Waals surface area contributed by atoms with Crippen molar-refractivity contribution in [2.45, 2.75) is 0 Å². The molecule has 1 aromatic heterocycles. The highest BCUT2D eigenvalue weighted by atomic mass is 15.4. The minimum atomic E-state index is 0.873. The number of rotatable bonds is 3. The van der Waals surface area contributed by atoms with Gasteiger partial charge in [-0.15, -0.1) is 5.10 Å². The summed E-state index contributed by atoms with van der Waals surface area (Å²) in [4.78, 5) is 0. The molecule has 4 rings (SSSR count). The summed E-state index contributed by atoms with van der Waals surface area (Å²) >= 11 is 0. The van der Waals surface area contributed by atoms with Gasteiger partial charge in [0.1, 0.15) is 5.69 Å². The van der Waals surface area contributed by atoms with Crippen molar-refractivity contribution in [1.29, 1.82) is 0 Å². The third-order valence-electron chi connectivity index (χ3n) is 3.80. The molecule has 0 amide bonds. The predicted octanol–water partition coefficient (Wildman–Crippen LogP) is 4.60. The van der Waals surface area contributed by atoms with Gasteiger partial charge in [-0.05, 0) is 23.3 Å². The average Bonchev–Trinajstić information content (AvgIpc) is 3.14. The van der Waals surface area contributed by atoms with Gasteiger partial charge in [0, 0.05) is 5.56 Å². The number of aromatic nitrogens is 3. The maximum Gasteiger partial charge on any atom is 0.113 e. The molecule has 3 aromatic carbocycles. The topological polar surface area (TPSA) is 30.7 Å². The quantitative estimate of drug-likeness (QED) is 0.553. The summed E-state index contributed by atoms with van der Waals surface area (Å²) in [5.41, 5.74) is 5.34. The van der Waals surface area contributed by atoms with E-state index in [2.05, 4.69) is 46.7 Å². The highest BCUT2D eigenvalue weighted by Gasteiger charge is 2.05. The highest BCUT2D eigenvalue weighted by Crippen LogP contribution is 2.21. The van der Waals surface area contributed by atoms with Crippen LogP contribution >= 0.6 is 0 Å². The van der Waals surface area contributed by atoms with Crippen molar-refractivity contribution in [2.75, 3.05) is 0 Å². The van der Waals surface area contributed by atoms with Crippen LogP contribution in [0.5, 0.6) is 0 Å². The molecule has 0 saturated heterocycles. The van der Waals surface area contributed by atoms with Gasteiger partial charge < -0.3 is 0 Å². The van der Waals surface area contributed by atoms with Gasteiger partial charge in [0.05, 0.1) is 11.9 Å². The van der Waals surface area contributed by atoms with Crippen LogP contribution in [-0.4, -0.2) is 15.0 Å². The molecular formula is C20H15N3. The molecule has 0 aliphatic rings. The second kappa shape index (κ2) is 5.89. The van der Waals surface area contributed by atoms with Crippen LogP contribution in [0.25, 0.3) is 28.1 Å². The number of hydrogen-bond acceptors (Lipinski definition) is 2. The Labute approximate surface area is 134 Å². The van der Waals surface area contributed by atoms with Crippen molar-refractivity contribution in [3.8, 4) is 28.1 Å². The molecule has 0 N–H and O–H groups in total. The van der Waals surface area contributed by atoms with Gasteiger partial charge in [-0.25, -0.2) is 4.68 Å². The normalized spacial score (nSPS) is 10.6. The van der Waals surface area contributed by atoms with Crippen molar-refractivity contribution in [1.82, 2.24) is 15.0 Å². The van der Waals surface area contributed by atoms with Crippen LogP contribution in [-0.2, 0) is 0 Å². The van der Waals surface area contributed by atoms with E-state index < -0.39 is 0 Å². The number of hydrogen-bond donors (Lipinski definition) is 0. The van der Waals surface area contributed by atoms with Gasteiger partial charge >= 0.3 is 0 Å². The van der Waals surface area contributed by atoms with Crippen molar-refractivity contribution in [3.63, 3.8) is 0 Å². The van der Waals surface area contributed by atoms with Crippen LogP contribution < -0.4 is 0 Å². The lowest BCUT2D eigenvalue weighted by Crippen LogP contribution is -1.94. The largest absolute Gasteiger partial charge is 0.220 e. The first-order valence-electron chi connectivity index (χ1n) is 7.54. The molecule has 0 saturated carbocycles. The summed E-state index contributed by atoms with van der Waals surface area (Å²) in [7, 11) is 0. The van der Waals surface area contributed by atoms with Gasteiger partial charge in [0.2, 0.25) is 0 Å². The minimum absolute atomic E-state index is 0.873. The smallest absolute Gasteiger partial charge is 0.113 e. The standard InChI is InChI=1S/C20H15N3/c1-3-7-16(8-4-1)17-11-13-19(14-12-17)23-15-20(21-22-23)18-9-5-2-6-10-18/h1-15H. The summed E-state index contributed by atoms with van der Waals surface area (Å²) in [6.45, 7) is 0. The molecule has 0 spiro atoms. The molecule has 0 unspecified atom stereocenters. The summed E-state index contributed by atoms with van der Waals surface area (Å²) in [6, 6.07) is 28.7. The Morgan fingerprint density at radius 3 is 1.78 bits per heavy atom. The maximum atomic E-state index is 4.26. The lowest BCUT2D eigenvalue weighted by molar-refractivity contribution is 0.804. The number of nitrogens with zero attached hydrogens (tertiary/aromatic N) is 3.